The Balaban J connectivity index is 2.64. The molecule has 0 aliphatic carbocycles. The largest absolute Gasteiger partial charge is 0.505 e. The molecule has 1 aliphatic rings. The molecule has 1 aliphatic heterocycles. The predicted molar refractivity (Wildman–Crippen MR) is 56.3 cm³/mol. The van der Waals surface area contributed by atoms with E-state index in [0.29, 0.717) is 19.6 Å². The van der Waals surface area contributed by atoms with Gasteiger partial charge >= 0.3 is 11.7 Å². The van der Waals surface area contributed by atoms with Crippen LogP contribution in [-0.2, 0) is 19.0 Å². The molecule has 94 valence electrons. The molecule has 0 radical (unpaired) electrons. The third kappa shape index (κ3) is 3.41. The van der Waals surface area contributed by atoms with Crippen molar-refractivity contribution in [2.24, 2.45) is 0 Å². The van der Waals surface area contributed by atoms with Gasteiger partial charge in [-0.25, -0.2) is 4.79 Å². The van der Waals surface area contributed by atoms with Crippen LogP contribution < -0.4 is 0 Å². The number of nitrogens with zero attached hydrogens (tertiary/aromatic N) is 2. The van der Waals surface area contributed by atoms with Gasteiger partial charge in [0.2, 0.25) is 5.39 Å². The average Bonchev–Trinajstić information content (AvgIpc) is 2.75. The maximum absolute atomic E-state index is 11.1. The number of allylic oxidation sites excluding steroid dienone is 1. The molecule has 17 heavy (non-hydrogen) atoms. The number of carbonyl (C=O) groups excluding carboxylic acids is 1. The van der Waals surface area contributed by atoms with Crippen molar-refractivity contribution in [3.05, 3.63) is 16.4 Å². The zero-order valence-electron chi connectivity index (χ0n) is 9.80. The molecule has 1 fully saturated rings. The minimum absolute atomic E-state index is 0.0883. The van der Waals surface area contributed by atoms with Crippen molar-refractivity contribution < 1.29 is 24.1 Å². The normalized spacial score (nSPS) is 19.4. The molecule has 1 N–H and O–H groups in total. The molecule has 1 rings (SSSR count). The number of esters is 1. The summed E-state index contributed by atoms with van der Waals surface area (Å²) in [6.45, 7) is 2.73. The number of diazo groups is 1. The summed E-state index contributed by atoms with van der Waals surface area (Å²) in [7, 11) is 1.13. The van der Waals surface area contributed by atoms with Crippen molar-refractivity contribution in [1.29, 1.82) is 5.39 Å². The predicted octanol–water partition coefficient (Wildman–Crippen LogP) is 1.33. The first kappa shape index (κ1) is 13.4. The minimum atomic E-state index is -0.900. The third-order valence-corrected chi connectivity index (χ3v) is 2.47. The van der Waals surface area contributed by atoms with Gasteiger partial charge in [-0.05, 0) is 6.92 Å². The van der Waals surface area contributed by atoms with E-state index in [4.69, 9.17) is 14.9 Å². The number of hydrogen-bond donors (Lipinski definition) is 1. The Morgan fingerprint density at radius 3 is 2.59 bits per heavy atom. The topological polar surface area (TPSA) is 93.1 Å². The summed E-state index contributed by atoms with van der Waals surface area (Å²) in [6.07, 6.45) is 0.430. The Morgan fingerprint density at radius 2 is 2.12 bits per heavy atom. The highest BCUT2D eigenvalue weighted by molar-refractivity contribution is 5.90. The molecule has 0 aromatic heterocycles. The van der Waals surface area contributed by atoms with Gasteiger partial charge in [-0.2, -0.15) is 0 Å². The summed E-state index contributed by atoms with van der Waals surface area (Å²) < 4.78 is 15.0. The first-order valence-corrected chi connectivity index (χ1v) is 5.16. The van der Waals surface area contributed by atoms with Crippen LogP contribution in [0.4, 0.5) is 0 Å². The molecular weight excluding hydrogens is 228 g/mol. The number of ether oxygens (including phenoxy) is 3. The summed E-state index contributed by atoms with van der Waals surface area (Å²) in [6, 6.07) is 0. The van der Waals surface area contributed by atoms with E-state index >= 15 is 0 Å². The van der Waals surface area contributed by atoms with Crippen molar-refractivity contribution in [2.75, 3.05) is 20.3 Å². The molecule has 0 aromatic carbocycles. The summed E-state index contributed by atoms with van der Waals surface area (Å²) in [5, 5.41) is 18.2. The number of aliphatic hydroxyl groups is 1. The van der Waals surface area contributed by atoms with Crippen molar-refractivity contribution >= 4 is 5.97 Å². The molecule has 0 aromatic rings. The van der Waals surface area contributed by atoms with E-state index < -0.39 is 17.5 Å². The monoisotopic (exact) mass is 243 g/mol. The van der Waals surface area contributed by atoms with Crippen LogP contribution in [0.5, 0.6) is 0 Å². The second-order valence-electron chi connectivity index (χ2n) is 3.72. The second-order valence-corrected chi connectivity index (χ2v) is 3.72. The summed E-state index contributed by atoms with van der Waals surface area (Å²) in [5.41, 5.74) is -0.505. The lowest BCUT2D eigenvalue weighted by atomic mass is 10.1. The van der Waals surface area contributed by atoms with Gasteiger partial charge in [-0.1, -0.05) is 0 Å². The Morgan fingerprint density at radius 1 is 1.53 bits per heavy atom. The number of methoxy groups -OCH3 is 1. The van der Waals surface area contributed by atoms with Gasteiger partial charge in [-0.3, -0.25) is 0 Å². The average molecular weight is 243 g/mol. The van der Waals surface area contributed by atoms with Crippen LogP contribution in [0.1, 0.15) is 19.8 Å². The van der Waals surface area contributed by atoms with Gasteiger partial charge in [0.1, 0.15) is 0 Å². The highest BCUT2D eigenvalue weighted by Gasteiger charge is 2.34. The van der Waals surface area contributed by atoms with Crippen molar-refractivity contribution in [1.82, 2.24) is 0 Å². The van der Waals surface area contributed by atoms with Gasteiger partial charge in [0.15, 0.2) is 16.5 Å². The van der Waals surface area contributed by atoms with Gasteiger partial charge in [0, 0.05) is 12.8 Å². The van der Waals surface area contributed by atoms with Gasteiger partial charge < -0.3 is 19.3 Å². The number of hydrogen-bond acceptors (Lipinski definition) is 6. The van der Waals surface area contributed by atoms with E-state index in [9.17, 15) is 9.90 Å². The number of aliphatic hydroxyl groups excluding tert-OH is 1. The van der Waals surface area contributed by atoms with Gasteiger partial charge in [0.05, 0.1) is 20.3 Å². The summed E-state index contributed by atoms with van der Waals surface area (Å²) >= 11 is 0. The summed E-state index contributed by atoms with van der Waals surface area (Å²) in [5.74, 6) is -2.03. The number of rotatable bonds is 4. The fraction of sp³-hybridized carbons (Fsp3) is 0.700. The molecule has 1 heterocycles. The second kappa shape index (κ2) is 5.61. The van der Waals surface area contributed by atoms with Gasteiger partial charge in [0.25, 0.3) is 0 Å². The smallest absolute Gasteiger partial charge is 0.505 e. The highest BCUT2D eigenvalue weighted by atomic mass is 16.7. The lowest BCUT2D eigenvalue weighted by Crippen LogP contribution is -2.25. The molecule has 0 unspecified atom stereocenters. The maximum atomic E-state index is 11.1. The van der Waals surface area contributed by atoms with E-state index in [1.165, 1.54) is 0 Å². The third-order valence-electron chi connectivity index (χ3n) is 2.47. The van der Waals surface area contributed by atoms with Crippen molar-refractivity contribution in [2.45, 2.75) is 25.6 Å². The molecule has 0 spiro atoms. The Bertz CT molecular complexity index is 365. The van der Waals surface area contributed by atoms with E-state index in [2.05, 4.69) is 9.71 Å². The SMILES string of the molecule is COC(=O)/C([N+]#N)=C(\O)CCC1(C)OCCO1. The molecule has 0 atom stereocenters. The van der Waals surface area contributed by atoms with Crippen LogP contribution in [0.2, 0.25) is 0 Å². The maximum Gasteiger partial charge on any atom is 0.505 e. The molecule has 7 heteroatoms. The van der Waals surface area contributed by atoms with Crippen molar-refractivity contribution in [3.8, 4) is 0 Å². The number of carbonyl (C=O) groups is 1. The molecule has 0 saturated carbocycles. The Kier molecular flexibility index (Phi) is 4.43. The zero-order chi connectivity index (χ0) is 12.9. The standard InChI is InChI=1S/C10H14N2O5/c1-10(16-5-6-17-10)4-3-7(13)8(12-11)9(14)15-2/h3-6H2,1-2H3/p+1. The van der Waals surface area contributed by atoms with Crippen molar-refractivity contribution in [3.63, 3.8) is 0 Å². The van der Waals surface area contributed by atoms with Crippen LogP contribution in [0.15, 0.2) is 11.5 Å². The zero-order valence-corrected chi connectivity index (χ0v) is 9.80. The van der Waals surface area contributed by atoms with E-state index in [0.717, 1.165) is 7.11 Å². The fourth-order valence-electron chi connectivity index (χ4n) is 1.48. The van der Waals surface area contributed by atoms with Crippen LogP contribution in [-0.4, -0.2) is 37.2 Å². The molecule has 0 amide bonds. The van der Waals surface area contributed by atoms with Crippen LogP contribution >= 0.6 is 0 Å². The Hall–Kier alpha value is -1.65. The van der Waals surface area contributed by atoms with Crippen LogP contribution in [0, 0.1) is 5.39 Å². The summed E-state index contributed by atoms with van der Waals surface area (Å²) in [4.78, 5) is 13.8. The van der Waals surface area contributed by atoms with Crippen LogP contribution in [0.25, 0.3) is 4.98 Å². The first-order chi connectivity index (χ1) is 8.02. The lowest BCUT2D eigenvalue weighted by molar-refractivity contribution is -0.147. The lowest BCUT2D eigenvalue weighted by Gasteiger charge is -2.21. The molecule has 7 nitrogen and oxygen atoms in total. The van der Waals surface area contributed by atoms with E-state index in [-0.39, 0.29) is 12.2 Å². The highest BCUT2D eigenvalue weighted by Crippen LogP contribution is 2.26. The molecule has 0 bridgehead atoms. The first-order valence-electron chi connectivity index (χ1n) is 5.16. The van der Waals surface area contributed by atoms with Gasteiger partial charge in [-0.15, -0.1) is 0 Å². The fourth-order valence-corrected chi connectivity index (χ4v) is 1.48. The molecular formula is C10H15N2O5+. The molecule has 1 saturated heterocycles. The Labute approximate surface area is 98.6 Å². The van der Waals surface area contributed by atoms with E-state index in [1.54, 1.807) is 6.92 Å². The minimum Gasteiger partial charge on any atom is -0.505 e. The van der Waals surface area contributed by atoms with Crippen LogP contribution in [0.3, 0.4) is 0 Å². The van der Waals surface area contributed by atoms with E-state index in [1.807, 2.05) is 0 Å². The quantitative estimate of drug-likeness (QED) is 0.346.